The number of ether oxygens (including phenoxy) is 1. The quantitative estimate of drug-likeness (QED) is 0.789. The molecule has 7 heteroatoms. The van der Waals surface area contributed by atoms with E-state index in [1.54, 1.807) is 0 Å². The van der Waals surface area contributed by atoms with Crippen LogP contribution < -0.4 is 4.74 Å². The smallest absolute Gasteiger partial charge is 0.341 e. The normalized spacial score (nSPS) is 12.1. The van der Waals surface area contributed by atoms with Gasteiger partial charge < -0.3 is 14.4 Å². The molecule has 0 bridgehead atoms. The fourth-order valence-corrected chi connectivity index (χ4v) is 1.55. The van der Waals surface area contributed by atoms with Crippen molar-refractivity contribution in [2.24, 2.45) is 0 Å². The monoisotopic (exact) mass is 250 g/mol. The van der Waals surface area contributed by atoms with Gasteiger partial charge in [-0.25, -0.2) is 9.00 Å². The highest BCUT2D eigenvalue weighted by molar-refractivity contribution is 7.79. The van der Waals surface area contributed by atoms with Crippen molar-refractivity contribution in [3.8, 4) is 5.75 Å². The molecule has 0 spiro atoms. The second-order valence-electron chi connectivity index (χ2n) is 2.52. The Kier molecular flexibility index (Phi) is 4.07. The summed E-state index contributed by atoms with van der Waals surface area (Å²) in [4.78, 5) is 10.3. The lowest BCUT2D eigenvalue weighted by Gasteiger charge is -2.05. The summed E-state index contributed by atoms with van der Waals surface area (Å²) in [5, 5.41) is 8.45. The minimum Gasteiger partial charge on any atom is -0.480 e. The van der Waals surface area contributed by atoms with Crippen LogP contribution in [-0.2, 0) is 15.9 Å². The highest BCUT2D eigenvalue weighted by Gasteiger charge is 2.07. The lowest BCUT2D eigenvalue weighted by Crippen LogP contribution is -2.09. The first-order valence-electron chi connectivity index (χ1n) is 3.75. The van der Waals surface area contributed by atoms with Gasteiger partial charge in [0.2, 0.25) is 0 Å². The van der Waals surface area contributed by atoms with Crippen molar-refractivity contribution in [1.29, 1.82) is 0 Å². The molecule has 0 saturated heterocycles. The van der Waals surface area contributed by atoms with E-state index in [1.807, 2.05) is 0 Å². The first kappa shape index (κ1) is 12.0. The maximum absolute atomic E-state index is 10.6. The van der Waals surface area contributed by atoms with E-state index in [9.17, 15) is 9.00 Å². The standard InChI is InChI=1S/C8H7ClO5S/c9-6-3-5(15(12)13)1-2-7(6)14-4-8(10)11/h1-3H,4H2,(H,10,11)(H,12,13). The Labute approximate surface area is 92.9 Å². The van der Waals surface area contributed by atoms with Crippen molar-refractivity contribution in [3.05, 3.63) is 23.2 Å². The number of hydrogen-bond acceptors (Lipinski definition) is 3. The van der Waals surface area contributed by atoms with Crippen molar-refractivity contribution >= 4 is 28.7 Å². The third kappa shape index (κ3) is 3.50. The van der Waals surface area contributed by atoms with Crippen molar-refractivity contribution < 1.29 is 23.4 Å². The molecule has 0 aliphatic carbocycles. The Morgan fingerprint density at radius 1 is 1.53 bits per heavy atom. The minimum atomic E-state index is -2.12. The molecule has 1 aromatic carbocycles. The number of benzene rings is 1. The zero-order chi connectivity index (χ0) is 11.4. The van der Waals surface area contributed by atoms with Crippen LogP contribution in [-0.4, -0.2) is 26.4 Å². The van der Waals surface area contributed by atoms with Crippen LogP contribution >= 0.6 is 11.6 Å². The number of aliphatic carboxylic acids is 1. The molecule has 0 fully saturated rings. The number of carbonyl (C=O) groups is 1. The van der Waals surface area contributed by atoms with E-state index in [0.29, 0.717) is 0 Å². The number of halogens is 1. The third-order valence-corrected chi connectivity index (χ3v) is 2.41. The third-order valence-electron chi connectivity index (χ3n) is 1.46. The molecular formula is C8H7ClO5S. The molecule has 1 aromatic rings. The summed E-state index contributed by atoms with van der Waals surface area (Å²) in [6.07, 6.45) is 0. The number of carboxylic acids is 1. The fourth-order valence-electron chi connectivity index (χ4n) is 0.847. The molecule has 0 heterocycles. The molecule has 0 saturated carbocycles. The Balaban J connectivity index is 2.83. The lowest BCUT2D eigenvalue weighted by molar-refractivity contribution is -0.139. The maximum Gasteiger partial charge on any atom is 0.341 e. The molecule has 15 heavy (non-hydrogen) atoms. The van der Waals surface area contributed by atoms with Crippen molar-refractivity contribution in [1.82, 2.24) is 0 Å². The molecule has 2 N–H and O–H groups in total. The van der Waals surface area contributed by atoms with Gasteiger partial charge in [0.1, 0.15) is 5.75 Å². The van der Waals surface area contributed by atoms with Gasteiger partial charge >= 0.3 is 5.97 Å². The molecule has 0 radical (unpaired) electrons. The molecule has 5 nitrogen and oxygen atoms in total. The summed E-state index contributed by atoms with van der Waals surface area (Å²) in [6, 6.07) is 3.92. The van der Waals surface area contributed by atoms with Gasteiger partial charge in [0, 0.05) is 0 Å². The van der Waals surface area contributed by atoms with Crippen LogP contribution in [0.2, 0.25) is 5.02 Å². The highest BCUT2D eigenvalue weighted by atomic mass is 35.5. The number of carboxylic acid groups (broad SMARTS) is 1. The average Bonchev–Trinajstić information content (AvgIpc) is 2.15. The van der Waals surface area contributed by atoms with Crippen molar-refractivity contribution in [2.75, 3.05) is 6.61 Å². The van der Waals surface area contributed by atoms with Gasteiger partial charge in [0.15, 0.2) is 17.7 Å². The summed E-state index contributed by atoms with van der Waals surface area (Å²) in [7, 11) is 0. The van der Waals surface area contributed by atoms with E-state index in [-0.39, 0.29) is 15.7 Å². The first-order valence-corrected chi connectivity index (χ1v) is 5.24. The first-order chi connectivity index (χ1) is 7.00. The lowest BCUT2D eigenvalue weighted by atomic mass is 10.3. The Bertz CT molecular complexity index is 406. The summed E-state index contributed by atoms with van der Waals surface area (Å²) in [6.45, 7) is -0.513. The van der Waals surface area contributed by atoms with Crippen LogP contribution in [0.4, 0.5) is 0 Å². The minimum absolute atomic E-state index is 0.0937. The van der Waals surface area contributed by atoms with Crippen LogP contribution in [0.3, 0.4) is 0 Å². The van der Waals surface area contributed by atoms with Crippen LogP contribution in [0.5, 0.6) is 5.75 Å². The topological polar surface area (TPSA) is 83.8 Å². The highest BCUT2D eigenvalue weighted by Crippen LogP contribution is 2.26. The SMILES string of the molecule is O=C(O)COc1ccc(S(=O)O)cc1Cl. The number of hydrogen-bond donors (Lipinski definition) is 2. The molecule has 0 aliphatic heterocycles. The Hall–Kier alpha value is -1.11. The van der Waals surface area contributed by atoms with Gasteiger partial charge in [0.25, 0.3) is 0 Å². The van der Waals surface area contributed by atoms with Gasteiger partial charge in [-0.3, -0.25) is 0 Å². The van der Waals surface area contributed by atoms with Crippen LogP contribution in [0.25, 0.3) is 0 Å². The molecular weight excluding hydrogens is 244 g/mol. The maximum atomic E-state index is 10.6. The van der Waals surface area contributed by atoms with E-state index in [2.05, 4.69) is 0 Å². The van der Waals surface area contributed by atoms with Crippen LogP contribution in [0.1, 0.15) is 0 Å². The van der Waals surface area contributed by atoms with Crippen molar-refractivity contribution in [3.63, 3.8) is 0 Å². The summed E-state index contributed by atoms with van der Waals surface area (Å²) in [5.41, 5.74) is 0. The molecule has 0 amide bonds. The second-order valence-corrected chi connectivity index (χ2v) is 3.90. The van der Waals surface area contributed by atoms with Gasteiger partial charge in [0.05, 0.1) is 9.92 Å². The summed E-state index contributed by atoms with van der Waals surface area (Å²) < 4.78 is 24.2. The zero-order valence-corrected chi connectivity index (χ0v) is 8.92. The molecule has 1 atom stereocenters. The fraction of sp³-hybridized carbons (Fsp3) is 0.125. The average molecular weight is 251 g/mol. The largest absolute Gasteiger partial charge is 0.480 e. The van der Waals surface area contributed by atoms with E-state index < -0.39 is 23.7 Å². The Morgan fingerprint density at radius 2 is 2.20 bits per heavy atom. The van der Waals surface area contributed by atoms with E-state index >= 15 is 0 Å². The van der Waals surface area contributed by atoms with Crippen LogP contribution in [0, 0.1) is 0 Å². The Morgan fingerprint density at radius 3 is 2.67 bits per heavy atom. The molecule has 1 unspecified atom stereocenters. The van der Waals surface area contributed by atoms with E-state index in [4.69, 9.17) is 26.0 Å². The van der Waals surface area contributed by atoms with Crippen molar-refractivity contribution in [2.45, 2.75) is 4.90 Å². The predicted octanol–water partition coefficient (Wildman–Crippen LogP) is 1.38. The molecule has 0 aromatic heterocycles. The second kappa shape index (κ2) is 5.11. The predicted molar refractivity (Wildman–Crippen MR) is 53.6 cm³/mol. The molecule has 1 rings (SSSR count). The summed E-state index contributed by atoms with van der Waals surface area (Å²) >= 11 is 3.58. The van der Waals surface area contributed by atoms with Gasteiger partial charge in [-0.15, -0.1) is 0 Å². The molecule has 0 aliphatic rings. The molecule has 82 valence electrons. The van der Waals surface area contributed by atoms with E-state index in [0.717, 1.165) is 0 Å². The van der Waals surface area contributed by atoms with Gasteiger partial charge in [-0.05, 0) is 18.2 Å². The summed E-state index contributed by atoms with van der Waals surface area (Å²) in [5.74, 6) is -0.964. The van der Waals surface area contributed by atoms with Gasteiger partial charge in [-0.2, -0.15) is 0 Å². The van der Waals surface area contributed by atoms with Crippen LogP contribution in [0.15, 0.2) is 23.1 Å². The van der Waals surface area contributed by atoms with Gasteiger partial charge in [-0.1, -0.05) is 11.6 Å². The van der Waals surface area contributed by atoms with E-state index in [1.165, 1.54) is 18.2 Å². The zero-order valence-electron chi connectivity index (χ0n) is 7.34. The number of rotatable bonds is 4.